The van der Waals surface area contributed by atoms with Gasteiger partial charge in [0.1, 0.15) is 5.82 Å². The Labute approximate surface area is 184 Å². The molecule has 0 aliphatic heterocycles. The molecule has 0 aliphatic carbocycles. The number of ether oxygens (including phenoxy) is 1. The van der Waals surface area contributed by atoms with Gasteiger partial charge in [0.25, 0.3) is 0 Å². The van der Waals surface area contributed by atoms with E-state index in [2.05, 4.69) is 51.6 Å². The molecule has 1 unspecified atom stereocenters. The number of aliphatic imine (C=N–C) groups is 1. The number of hydrogen-bond acceptors (Lipinski definition) is 5. The third kappa shape index (κ3) is 8.17. The van der Waals surface area contributed by atoms with Gasteiger partial charge in [-0.3, -0.25) is 10.1 Å². The van der Waals surface area contributed by atoms with Crippen molar-refractivity contribution in [1.82, 2.24) is 25.8 Å². The average Bonchev–Trinajstić information content (AvgIpc) is 3.32. The Morgan fingerprint density at radius 2 is 2.14 bits per heavy atom. The Bertz CT molecular complexity index is 672. The van der Waals surface area contributed by atoms with Crippen molar-refractivity contribution in [3.05, 3.63) is 24.2 Å². The maximum atomic E-state index is 5.78. The molecule has 0 bridgehead atoms. The third-order valence-corrected chi connectivity index (χ3v) is 4.08. The molecule has 9 heteroatoms. The molecule has 0 aliphatic rings. The van der Waals surface area contributed by atoms with Gasteiger partial charge in [0.2, 0.25) is 5.82 Å². The molecule has 0 amide bonds. The van der Waals surface area contributed by atoms with Crippen LogP contribution in [0.15, 0.2) is 27.8 Å². The van der Waals surface area contributed by atoms with Crippen LogP contribution in [-0.4, -0.2) is 53.5 Å². The Morgan fingerprint density at radius 3 is 2.79 bits per heavy atom. The molecule has 2 rings (SSSR count). The lowest BCUT2D eigenvalue weighted by molar-refractivity contribution is 0.0266. The maximum Gasteiger partial charge on any atom is 0.216 e. The van der Waals surface area contributed by atoms with Gasteiger partial charge < -0.3 is 19.8 Å². The summed E-state index contributed by atoms with van der Waals surface area (Å²) in [7, 11) is 0. The summed E-state index contributed by atoms with van der Waals surface area (Å²) in [5.74, 6) is 3.34. The van der Waals surface area contributed by atoms with E-state index in [4.69, 9.17) is 9.15 Å². The molecule has 2 aromatic heterocycles. The Hall–Kier alpha value is -1.62. The van der Waals surface area contributed by atoms with Gasteiger partial charge in [-0.15, -0.1) is 24.0 Å². The van der Waals surface area contributed by atoms with E-state index in [9.17, 15) is 0 Å². The van der Waals surface area contributed by atoms with Crippen molar-refractivity contribution < 1.29 is 9.15 Å². The van der Waals surface area contributed by atoms with Gasteiger partial charge in [-0.2, -0.15) is 5.10 Å². The second-order valence-corrected chi connectivity index (χ2v) is 6.55. The van der Waals surface area contributed by atoms with Gasteiger partial charge >= 0.3 is 0 Å². The van der Waals surface area contributed by atoms with Crippen LogP contribution < -0.4 is 10.6 Å². The van der Waals surface area contributed by atoms with Gasteiger partial charge in [-0.1, -0.05) is 13.8 Å². The largest absolute Gasteiger partial charge is 0.461 e. The number of aromatic nitrogens is 3. The molecule has 2 heterocycles. The zero-order valence-electron chi connectivity index (χ0n) is 17.2. The van der Waals surface area contributed by atoms with Crippen LogP contribution in [0.1, 0.15) is 39.9 Å². The lowest BCUT2D eigenvalue weighted by Gasteiger charge is -2.20. The van der Waals surface area contributed by atoms with Crippen molar-refractivity contribution in [1.29, 1.82) is 0 Å². The normalized spacial score (nSPS) is 12.7. The predicted molar refractivity (Wildman–Crippen MR) is 122 cm³/mol. The number of nitrogens with zero attached hydrogens (tertiary/aromatic N) is 3. The van der Waals surface area contributed by atoms with E-state index < -0.39 is 0 Å². The molecule has 0 fully saturated rings. The first-order chi connectivity index (χ1) is 13.1. The van der Waals surface area contributed by atoms with Crippen LogP contribution in [0, 0.1) is 5.92 Å². The highest BCUT2D eigenvalue weighted by atomic mass is 127. The first kappa shape index (κ1) is 24.4. The summed E-state index contributed by atoms with van der Waals surface area (Å²) in [6.45, 7) is 11.4. The van der Waals surface area contributed by atoms with Crippen molar-refractivity contribution in [3.63, 3.8) is 0 Å². The van der Waals surface area contributed by atoms with Gasteiger partial charge in [0.15, 0.2) is 11.7 Å². The minimum atomic E-state index is 0. The molecule has 28 heavy (non-hydrogen) atoms. The number of halogens is 1. The van der Waals surface area contributed by atoms with E-state index in [-0.39, 0.29) is 30.1 Å². The van der Waals surface area contributed by atoms with E-state index in [0.717, 1.165) is 37.9 Å². The average molecular weight is 504 g/mol. The lowest BCUT2D eigenvalue weighted by Crippen LogP contribution is -2.38. The van der Waals surface area contributed by atoms with Gasteiger partial charge in [-0.25, -0.2) is 4.98 Å². The fourth-order valence-corrected chi connectivity index (χ4v) is 2.69. The quantitative estimate of drug-likeness (QED) is 0.247. The first-order valence-corrected chi connectivity index (χ1v) is 9.72. The highest BCUT2D eigenvalue weighted by molar-refractivity contribution is 14.0. The number of H-pyrrole nitrogens is 1. The van der Waals surface area contributed by atoms with Crippen molar-refractivity contribution in [3.8, 4) is 11.6 Å². The van der Waals surface area contributed by atoms with Crippen LogP contribution >= 0.6 is 24.0 Å². The van der Waals surface area contributed by atoms with Crippen LogP contribution in [0.25, 0.3) is 11.6 Å². The van der Waals surface area contributed by atoms with Crippen LogP contribution in [-0.2, 0) is 11.2 Å². The van der Waals surface area contributed by atoms with E-state index >= 15 is 0 Å². The summed E-state index contributed by atoms with van der Waals surface area (Å²) in [6.07, 6.45) is 3.49. The summed E-state index contributed by atoms with van der Waals surface area (Å²) in [6, 6.07) is 3.66. The Balaban J connectivity index is 0.00000392. The second kappa shape index (κ2) is 13.5. The number of furan rings is 1. The fourth-order valence-electron chi connectivity index (χ4n) is 2.69. The number of nitrogens with one attached hydrogen (secondary N) is 3. The summed E-state index contributed by atoms with van der Waals surface area (Å²) < 4.78 is 11.1. The smallest absolute Gasteiger partial charge is 0.216 e. The molecule has 0 spiro atoms. The lowest BCUT2D eigenvalue weighted by atomic mass is 10.0. The number of aromatic amines is 1. The molecule has 0 saturated heterocycles. The standard InChI is InChI=1S/C19H32N6O2.HI/c1-5-20-19(21-11-9-15(14(3)4)26-6-2)22-12-10-17-23-18(25-24-17)16-8-7-13-27-16;/h7-8,13-15H,5-6,9-12H2,1-4H3,(H2,20,21,22)(H,23,24,25);1H. The predicted octanol–water partition coefficient (Wildman–Crippen LogP) is 3.23. The Morgan fingerprint density at radius 1 is 1.32 bits per heavy atom. The number of rotatable bonds is 11. The summed E-state index contributed by atoms with van der Waals surface area (Å²) in [5.41, 5.74) is 0. The van der Waals surface area contributed by atoms with Crippen LogP contribution in [0.3, 0.4) is 0 Å². The number of hydrogen-bond donors (Lipinski definition) is 3. The summed E-state index contributed by atoms with van der Waals surface area (Å²) in [4.78, 5) is 9.09. The summed E-state index contributed by atoms with van der Waals surface area (Å²) >= 11 is 0. The van der Waals surface area contributed by atoms with Crippen LogP contribution in [0.5, 0.6) is 0 Å². The molecule has 2 aromatic rings. The molecule has 1 atom stereocenters. The molecular formula is C19H33IN6O2. The van der Waals surface area contributed by atoms with Gasteiger partial charge in [-0.05, 0) is 38.3 Å². The molecular weight excluding hydrogens is 471 g/mol. The maximum absolute atomic E-state index is 5.78. The summed E-state index contributed by atoms with van der Waals surface area (Å²) in [5, 5.41) is 13.7. The molecule has 0 radical (unpaired) electrons. The zero-order valence-corrected chi connectivity index (χ0v) is 19.5. The second-order valence-electron chi connectivity index (χ2n) is 6.55. The van der Waals surface area contributed by atoms with E-state index in [1.807, 2.05) is 19.1 Å². The van der Waals surface area contributed by atoms with Crippen molar-refractivity contribution >= 4 is 29.9 Å². The van der Waals surface area contributed by atoms with Gasteiger partial charge in [0, 0.05) is 32.7 Å². The van der Waals surface area contributed by atoms with Crippen molar-refractivity contribution in [2.45, 2.75) is 46.6 Å². The fraction of sp³-hybridized carbons (Fsp3) is 0.632. The highest BCUT2D eigenvalue weighted by Gasteiger charge is 2.12. The van der Waals surface area contributed by atoms with Gasteiger partial charge in [0.05, 0.1) is 12.4 Å². The molecule has 8 nitrogen and oxygen atoms in total. The van der Waals surface area contributed by atoms with E-state index in [1.54, 1.807) is 6.26 Å². The topological polar surface area (TPSA) is 100 Å². The molecule has 158 valence electrons. The minimum absolute atomic E-state index is 0. The number of guanidine groups is 1. The van der Waals surface area contributed by atoms with Crippen LogP contribution in [0.4, 0.5) is 0 Å². The molecule has 3 N–H and O–H groups in total. The third-order valence-electron chi connectivity index (χ3n) is 4.08. The monoisotopic (exact) mass is 504 g/mol. The molecule has 0 aromatic carbocycles. The van der Waals surface area contributed by atoms with E-state index in [0.29, 0.717) is 30.5 Å². The van der Waals surface area contributed by atoms with Crippen molar-refractivity contribution in [2.24, 2.45) is 10.9 Å². The van der Waals surface area contributed by atoms with E-state index in [1.165, 1.54) is 0 Å². The SMILES string of the molecule is CCNC(=NCCC(OCC)C(C)C)NCCc1nc(-c2ccco2)n[nH]1.I. The first-order valence-electron chi connectivity index (χ1n) is 9.72. The highest BCUT2D eigenvalue weighted by Crippen LogP contribution is 2.14. The molecule has 0 saturated carbocycles. The zero-order chi connectivity index (χ0) is 19.5. The van der Waals surface area contributed by atoms with Crippen LogP contribution in [0.2, 0.25) is 0 Å². The van der Waals surface area contributed by atoms with Crippen molar-refractivity contribution in [2.75, 3.05) is 26.2 Å². The Kier molecular flexibility index (Phi) is 11.8. The minimum Gasteiger partial charge on any atom is -0.461 e.